The topological polar surface area (TPSA) is 66.5 Å². The summed E-state index contributed by atoms with van der Waals surface area (Å²) in [7, 11) is -2.98. The second-order valence-corrected chi connectivity index (χ2v) is 8.04. The number of nitrogens with zero attached hydrogens (tertiary/aromatic N) is 1. The summed E-state index contributed by atoms with van der Waals surface area (Å²) < 4.78 is 23.3. The van der Waals surface area contributed by atoms with E-state index in [1.54, 1.807) is 4.90 Å². The number of amides is 1. The predicted molar refractivity (Wildman–Crippen MR) is 81.4 cm³/mol. The Morgan fingerprint density at radius 1 is 1.30 bits per heavy atom. The van der Waals surface area contributed by atoms with Crippen LogP contribution >= 0.6 is 0 Å². The first kappa shape index (κ1) is 17.4. The van der Waals surface area contributed by atoms with E-state index in [4.69, 9.17) is 0 Å². The summed E-state index contributed by atoms with van der Waals surface area (Å²) in [6.07, 6.45) is 4.53. The molecule has 1 fully saturated rings. The van der Waals surface area contributed by atoms with E-state index in [0.29, 0.717) is 19.5 Å². The van der Waals surface area contributed by atoms with Gasteiger partial charge in [0.2, 0.25) is 5.91 Å². The van der Waals surface area contributed by atoms with Crippen molar-refractivity contribution in [3.05, 3.63) is 0 Å². The lowest BCUT2D eigenvalue weighted by Crippen LogP contribution is -2.50. The first-order chi connectivity index (χ1) is 9.29. The van der Waals surface area contributed by atoms with Crippen LogP contribution in [0.25, 0.3) is 0 Å². The Labute approximate surface area is 123 Å². The van der Waals surface area contributed by atoms with Gasteiger partial charge in [-0.25, -0.2) is 8.42 Å². The lowest BCUT2D eigenvalue weighted by atomic mass is 9.94. The second kappa shape index (κ2) is 7.41. The Morgan fingerprint density at radius 2 is 1.90 bits per heavy atom. The summed E-state index contributed by atoms with van der Waals surface area (Å²) >= 11 is 0. The van der Waals surface area contributed by atoms with Crippen LogP contribution in [0.3, 0.4) is 0 Å². The fourth-order valence-corrected chi connectivity index (χ4v) is 4.10. The smallest absolute Gasteiger partial charge is 0.239 e. The molecule has 0 radical (unpaired) electrons. The van der Waals surface area contributed by atoms with Crippen LogP contribution in [0.15, 0.2) is 0 Å². The summed E-state index contributed by atoms with van der Waals surface area (Å²) in [5, 5.41) is 3.05. The van der Waals surface area contributed by atoms with Crippen molar-refractivity contribution in [2.75, 3.05) is 19.3 Å². The van der Waals surface area contributed by atoms with Crippen molar-refractivity contribution in [3.63, 3.8) is 0 Å². The van der Waals surface area contributed by atoms with E-state index in [1.165, 1.54) is 6.26 Å². The van der Waals surface area contributed by atoms with Gasteiger partial charge in [-0.15, -0.1) is 0 Å². The average molecular weight is 304 g/mol. The van der Waals surface area contributed by atoms with Crippen LogP contribution in [0.1, 0.15) is 46.5 Å². The molecule has 0 aliphatic heterocycles. The highest BCUT2D eigenvalue weighted by Gasteiger charge is 2.30. The molecule has 0 aromatic heterocycles. The van der Waals surface area contributed by atoms with Crippen LogP contribution in [-0.2, 0) is 14.6 Å². The molecule has 1 aliphatic rings. The largest absolute Gasteiger partial charge is 0.342 e. The monoisotopic (exact) mass is 304 g/mol. The minimum atomic E-state index is -2.98. The molecule has 0 bridgehead atoms. The van der Waals surface area contributed by atoms with Crippen LogP contribution in [0.5, 0.6) is 0 Å². The number of hydrogen-bond acceptors (Lipinski definition) is 4. The molecule has 0 heterocycles. The van der Waals surface area contributed by atoms with Crippen molar-refractivity contribution < 1.29 is 13.2 Å². The fraction of sp³-hybridized carbons (Fsp3) is 0.929. The summed E-state index contributed by atoms with van der Waals surface area (Å²) in [6, 6.07) is -0.129. The van der Waals surface area contributed by atoms with E-state index in [2.05, 4.69) is 5.32 Å². The summed E-state index contributed by atoms with van der Waals surface area (Å²) in [6.45, 7) is 7.21. The van der Waals surface area contributed by atoms with E-state index in [-0.39, 0.29) is 23.2 Å². The zero-order valence-corrected chi connectivity index (χ0v) is 13.9. The van der Waals surface area contributed by atoms with Crippen LogP contribution in [-0.4, -0.2) is 55.9 Å². The van der Waals surface area contributed by atoms with E-state index < -0.39 is 9.84 Å². The maximum absolute atomic E-state index is 12.2. The molecule has 3 unspecified atom stereocenters. The number of sulfone groups is 1. The molecule has 118 valence electrons. The van der Waals surface area contributed by atoms with Crippen molar-refractivity contribution in [2.45, 2.75) is 63.8 Å². The van der Waals surface area contributed by atoms with Gasteiger partial charge in [-0.3, -0.25) is 4.79 Å². The maximum atomic E-state index is 12.2. The Morgan fingerprint density at radius 3 is 2.40 bits per heavy atom. The molecule has 0 aromatic carbocycles. The zero-order valence-electron chi connectivity index (χ0n) is 13.1. The molecule has 0 spiro atoms. The van der Waals surface area contributed by atoms with Gasteiger partial charge in [0.1, 0.15) is 9.84 Å². The normalized spacial score (nSPS) is 25.2. The van der Waals surface area contributed by atoms with Gasteiger partial charge < -0.3 is 10.2 Å². The molecular formula is C14H28N2O3S. The molecule has 0 aromatic rings. The third kappa shape index (κ3) is 4.74. The highest BCUT2D eigenvalue weighted by molar-refractivity contribution is 7.91. The molecule has 1 amide bonds. The van der Waals surface area contributed by atoms with Crippen LogP contribution in [0.4, 0.5) is 0 Å². The summed E-state index contributed by atoms with van der Waals surface area (Å²) in [4.78, 5) is 14.0. The number of rotatable bonds is 6. The third-order valence-corrected chi connectivity index (χ3v) is 5.80. The number of nitrogens with one attached hydrogen (secondary N) is 1. The average Bonchev–Trinajstić information content (AvgIpc) is 2.39. The molecule has 3 atom stereocenters. The van der Waals surface area contributed by atoms with Crippen molar-refractivity contribution in [1.82, 2.24) is 10.2 Å². The molecule has 6 heteroatoms. The minimum absolute atomic E-state index is 0.0940. The molecule has 1 aliphatic carbocycles. The predicted octanol–water partition coefficient (Wildman–Crippen LogP) is 1.19. The number of likely N-dealkylation sites (N-methyl/N-ethyl adjacent to an activating group) is 1. The van der Waals surface area contributed by atoms with Gasteiger partial charge in [-0.2, -0.15) is 0 Å². The minimum Gasteiger partial charge on any atom is -0.342 e. The molecule has 5 nitrogen and oxygen atoms in total. The molecule has 1 N–H and O–H groups in total. The van der Waals surface area contributed by atoms with Crippen molar-refractivity contribution in [1.29, 1.82) is 0 Å². The Kier molecular flexibility index (Phi) is 6.45. The van der Waals surface area contributed by atoms with Crippen LogP contribution < -0.4 is 5.32 Å². The van der Waals surface area contributed by atoms with Gasteiger partial charge in [0.05, 0.1) is 11.3 Å². The highest BCUT2D eigenvalue weighted by atomic mass is 32.2. The molecule has 0 saturated heterocycles. The lowest BCUT2D eigenvalue weighted by Gasteiger charge is -2.32. The molecule has 1 saturated carbocycles. The fourth-order valence-electron chi connectivity index (χ4n) is 2.92. The maximum Gasteiger partial charge on any atom is 0.239 e. The lowest BCUT2D eigenvalue weighted by molar-refractivity contribution is -0.132. The molecule has 20 heavy (non-hydrogen) atoms. The van der Waals surface area contributed by atoms with E-state index in [0.717, 1.165) is 19.3 Å². The van der Waals surface area contributed by atoms with E-state index in [1.807, 2.05) is 20.8 Å². The summed E-state index contributed by atoms with van der Waals surface area (Å²) in [5.74, 6) is 0.0940. The van der Waals surface area contributed by atoms with Crippen molar-refractivity contribution >= 4 is 15.7 Å². The highest BCUT2D eigenvalue weighted by Crippen LogP contribution is 2.24. The zero-order chi connectivity index (χ0) is 15.3. The standard InChI is InChI=1S/C14H28N2O3S/c1-5-16(6-2)14(17)11(3)15-12-8-7-9-13(10-12)20(4,18)19/h11-13,15H,5-10H2,1-4H3. The Hall–Kier alpha value is -0.620. The van der Waals surface area contributed by atoms with E-state index in [9.17, 15) is 13.2 Å². The van der Waals surface area contributed by atoms with E-state index >= 15 is 0 Å². The van der Waals surface area contributed by atoms with Gasteiger partial charge in [0.25, 0.3) is 0 Å². The van der Waals surface area contributed by atoms with Gasteiger partial charge in [-0.1, -0.05) is 6.42 Å². The quantitative estimate of drug-likeness (QED) is 0.800. The Bertz CT molecular complexity index is 418. The van der Waals surface area contributed by atoms with Crippen molar-refractivity contribution in [2.24, 2.45) is 0 Å². The number of hydrogen-bond donors (Lipinski definition) is 1. The first-order valence-electron chi connectivity index (χ1n) is 7.53. The van der Waals surface area contributed by atoms with Crippen LogP contribution in [0, 0.1) is 0 Å². The third-order valence-electron chi connectivity index (χ3n) is 4.16. The van der Waals surface area contributed by atoms with Crippen molar-refractivity contribution in [3.8, 4) is 0 Å². The molecular weight excluding hydrogens is 276 g/mol. The molecule has 1 rings (SSSR count). The van der Waals surface area contributed by atoms with Gasteiger partial charge >= 0.3 is 0 Å². The number of carbonyl (C=O) groups is 1. The van der Waals surface area contributed by atoms with Gasteiger partial charge in [0.15, 0.2) is 0 Å². The summed E-state index contributed by atoms with van der Waals surface area (Å²) in [5.41, 5.74) is 0. The Balaban J connectivity index is 2.57. The van der Waals surface area contributed by atoms with Gasteiger partial charge in [0, 0.05) is 25.4 Å². The van der Waals surface area contributed by atoms with Gasteiger partial charge in [-0.05, 0) is 40.0 Å². The first-order valence-corrected chi connectivity index (χ1v) is 9.48. The second-order valence-electron chi connectivity index (χ2n) is 5.71. The number of carbonyl (C=O) groups excluding carboxylic acids is 1. The van der Waals surface area contributed by atoms with Crippen LogP contribution in [0.2, 0.25) is 0 Å². The SMILES string of the molecule is CCN(CC)C(=O)C(C)NC1CCCC(S(C)(=O)=O)C1.